The van der Waals surface area contributed by atoms with Gasteiger partial charge in [-0.2, -0.15) is 0 Å². The molecular weight excluding hydrogens is 559 g/mol. The molecule has 0 fully saturated rings. The summed E-state index contributed by atoms with van der Waals surface area (Å²) in [6, 6.07) is 15.5. The second-order valence-electron chi connectivity index (χ2n) is 4.94. The summed E-state index contributed by atoms with van der Waals surface area (Å²) < 4.78 is 42.9. The maximum Gasteiger partial charge on any atom is 0.172 e. The van der Waals surface area contributed by atoms with E-state index in [1.165, 1.54) is 24.3 Å². The molecule has 3 aromatic carbocycles. The Hall–Kier alpha value is -0.740. The summed E-state index contributed by atoms with van der Waals surface area (Å²) in [5.74, 6) is -1.58. The van der Waals surface area contributed by atoms with E-state index in [1.54, 1.807) is 12.1 Å². The SMILES string of the molecule is Fc1ccc([S+](c2cc(F)cc(F)c2)c2ccc(I)c(I)c2)cc1. The van der Waals surface area contributed by atoms with Crippen molar-refractivity contribution >= 4 is 56.1 Å². The fourth-order valence-corrected chi connectivity index (χ4v) is 5.42. The van der Waals surface area contributed by atoms with E-state index in [2.05, 4.69) is 45.2 Å². The summed E-state index contributed by atoms with van der Waals surface area (Å²) >= 11 is 4.46. The van der Waals surface area contributed by atoms with Crippen molar-refractivity contribution < 1.29 is 13.2 Å². The third kappa shape index (κ3) is 4.08. The van der Waals surface area contributed by atoms with Crippen LogP contribution in [0, 0.1) is 24.6 Å². The Labute approximate surface area is 168 Å². The van der Waals surface area contributed by atoms with Crippen LogP contribution in [0.1, 0.15) is 0 Å². The number of hydrogen-bond acceptors (Lipinski definition) is 0. The standard InChI is InChI=1S/C18H10F3I2S/c19-11-1-3-14(4-2-11)24(15-5-6-17(22)18(23)10-15)16-8-12(20)7-13(21)9-16/h1-10H/q+1. The monoisotopic (exact) mass is 569 g/mol. The third-order valence-corrected chi connectivity index (χ3v) is 8.29. The summed E-state index contributed by atoms with van der Waals surface area (Å²) in [6.45, 7) is 0. The largest absolute Gasteiger partial charge is 0.207 e. The summed E-state index contributed by atoms with van der Waals surface area (Å²) in [5, 5.41) is 0. The van der Waals surface area contributed by atoms with Gasteiger partial charge in [0.15, 0.2) is 14.7 Å². The van der Waals surface area contributed by atoms with Crippen molar-refractivity contribution in [2.24, 2.45) is 0 Å². The Morgan fingerprint density at radius 3 is 1.71 bits per heavy atom. The van der Waals surface area contributed by atoms with E-state index in [4.69, 9.17) is 0 Å². The summed E-state index contributed by atoms with van der Waals surface area (Å²) in [5.41, 5.74) is 0. The quantitative estimate of drug-likeness (QED) is 0.253. The van der Waals surface area contributed by atoms with Crippen molar-refractivity contribution in [3.63, 3.8) is 0 Å². The maximum absolute atomic E-state index is 13.7. The Bertz CT molecular complexity index is 862. The molecule has 3 aromatic rings. The van der Waals surface area contributed by atoms with Gasteiger partial charge in [0.05, 0.1) is 10.9 Å². The third-order valence-electron chi connectivity index (χ3n) is 3.25. The van der Waals surface area contributed by atoms with Crippen LogP contribution < -0.4 is 0 Å². The molecule has 0 saturated heterocycles. The molecule has 24 heavy (non-hydrogen) atoms. The van der Waals surface area contributed by atoms with Gasteiger partial charge < -0.3 is 0 Å². The molecule has 0 spiro atoms. The fourth-order valence-electron chi connectivity index (χ4n) is 2.23. The van der Waals surface area contributed by atoms with Gasteiger partial charge in [0.2, 0.25) is 0 Å². The van der Waals surface area contributed by atoms with Crippen LogP contribution in [-0.2, 0) is 10.9 Å². The minimum Gasteiger partial charge on any atom is -0.207 e. The second-order valence-corrected chi connectivity index (χ2v) is 9.29. The van der Waals surface area contributed by atoms with E-state index < -0.39 is 22.5 Å². The molecule has 0 nitrogen and oxygen atoms in total. The highest BCUT2D eigenvalue weighted by atomic mass is 127. The first-order valence-electron chi connectivity index (χ1n) is 6.85. The lowest BCUT2D eigenvalue weighted by atomic mass is 10.3. The molecule has 0 radical (unpaired) electrons. The Balaban J connectivity index is 2.19. The van der Waals surface area contributed by atoms with Gasteiger partial charge >= 0.3 is 0 Å². The lowest BCUT2D eigenvalue weighted by molar-refractivity contribution is 0.577. The zero-order chi connectivity index (χ0) is 17.3. The van der Waals surface area contributed by atoms with Crippen LogP contribution in [0.3, 0.4) is 0 Å². The van der Waals surface area contributed by atoms with Crippen LogP contribution in [0.5, 0.6) is 0 Å². The van der Waals surface area contributed by atoms with E-state index in [9.17, 15) is 13.2 Å². The summed E-state index contributed by atoms with van der Waals surface area (Å²) in [4.78, 5) is 2.26. The molecule has 0 saturated carbocycles. The first kappa shape index (κ1) is 18.1. The fraction of sp³-hybridized carbons (Fsp3) is 0. The maximum atomic E-state index is 13.7. The van der Waals surface area contributed by atoms with Crippen LogP contribution >= 0.6 is 45.2 Å². The highest BCUT2D eigenvalue weighted by molar-refractivity contribution is 14.1. The Morgan fingerprint density at radius 1 is 0.542 bits per heavy atom. The molecule has 1 atom stereocenters. The molecule has 1 unspecified atom stereocenters. The van der Waals surface area contributed by atoms with Crippen molar-refractivity contribution in [3.8, 4) is 0 Å². The highest BCUT2D eigenvalue weighted by Crippen LogP contribution is 2.33. The van der Waals surface area contributed by atoms with Gasteiger partial charge in [-0.15, -0.1) is 0 Å². The highest BCUT2D eigenvalue weighted by Gasteiger charge is 2.30. The predicted octanol–water partition coefficient (Wildman–Crippen LogP) is 6.41. The molecule has 0 aliphatic rings. The molecule has 0 bridgehead atoms. The minimum absolute atomic E-state index is 0.343. The molecule has 0 aromatic heterocycles. The Kier molecular flexibility index (Phi) is 5.76. The van der Waals surface area contributed by atoms with Crippen molar-refractivity contribution in [3.05, 3.63) is 85.3 Å². The zero-order valence-electron chi connectivity index (χ0n) is 12.1. The number of rotatable bonds is 3. The van der Waals surface area contributed by atoms with Crippen LogP contribution in [0.2, 0.25) is 0 Å². The molecule has 0 N–H and O–H groups in total. The summed E-state index contributed by atoms with van der Waals surface area (Å²) in [7, 11) is -0.717. The second kappa shape index (κ2) is 7.65. The van der Waals surface area contributed by atoms with Crippen LogP contribution in [-0.4, -0.2) is 0 Å². The van der Waals surface area contributed by atoms with Gasteiger partial charge in [0.25, 0.3) is 0 Å². The molecule has 0 amide bonds. The molecule has 6 heteroatoms. The topological polar surface area (TPSA) is 0 Å². The van der Waals surface area contributed by atoms with Crippen LogP contribution in [0.25, 0.3) is 0 Å². The van der Waals surface area contributed by atoms with Crippen molar-refractivity contribution in [2.75, 3.05) is 0 Å². The van der Waals surface area contributed by atoms with E-state index in [0.29, 0.717) is 4.90 Å². The normalized spacial score (nSPS) is 12.2. The molecule has 122 valence electrons. The van der Waals surface area contributed by atoms with Crippen molar-refractivity contribution in [1.29, 1.82) is 0 Å². The van der Waals surface area contributed by atoms with E-state index in [0.717, 1.165) is 23.0 Å². The predicted molar refractivity (Wildman–Crippen MR) is 107 cm³/mol. The van der Waals surface area contributed by atoms with Gasteiger partial charge in [0.1, 0.15) is 17.5 Å². The smallest absolute Gasteiger partial charge is 0.172 e. The van der Waals surface area contributed by atoms with Crippen LogP contribution in [0.15, 0.2) is 75.4 Å². The molecule has 0 aliphatic carbocycles. The molecular formula is C18H10F3I2S+. The van der Waals surface area contributed by atoms with Gasteiger partial charge in [0, 0.05) is 31.4 Å². The number of halogens is 5. The molecule has 0 aliphatic heterocycles. The van der Waals surface area contributed by atoms with Gasteiger partial charge in [-0.1, -0.05) is 0 Å². The van der Waals surface area contributed by atoms with E-state index in [-0.39, 0.29) is 5.82 Å². The van der Waals surface area contributed by atoms with E-state index in [1.807, 2.05) is 18.2 Å². The average molecular weight is 569 g/mol. The minimum atomic E-state index is -0.717. The Morgan fingerprint density at radius 2 is 1.12 bits per heavy atom. The lowest BCUT2D eigenvalue weighted by Crippen LogP contribution is -2.06. The van der Waals surface area contributed by atoms with Crippen molar-refractivity contribution in [1.82, 2.24) is 0 Å². The first-order valence-corrected chi connectivity index (χ1v) is 10.2. The average Bonchev–Trinajstić information content (AvgIpc) is 2.52. The zero-order valence-corrected chi connectivity index (χ0v) is 17.2. The number of hydrogen-bond donors (Lipinski definition) is 0. The molecule has 3 rings (SSSR count). The van der Waals surface area contributed by atoms with Gasteiger partial charge in [-0.05, 0) is 81.6 Å². The van der Waals surface area contributed by atoms with E-state index >= 15 is 0 Å². The number of benzene rings is 3. The van der Waals surface area contributed by atoms with Crippen LogP contribution in [0.4, 0.5) is 13.2 Å². The van der Waals surface area contributed by atoms with Gasteiger partial charge in [-0.25, -0.2) is 13.2 Å². The molecule has 0 heterocycles. The first-order chi connectivity index (χ1) is 11.4. The lowest BCUT2D eigenvalue weighted by Gasteiger charge is -2.09. The summed E-state index contributed by atoms with van der Waals surface area (Å²) in [6.07, 6.45) is 0. The van der Waals surface area contributed by atoms with Gasteiger partial charge in [-0.3, -0.25) is 0 Å². The van der Waals surface area contributed by atoms with Crippen molar-refractivity contribution in [2.45, 2.75) is 14.7 Å².